The maximum absolute atomic E-state index is 6.55. The summed E-state index contributed by atoms with van der Waals surface area (Å²) in [7, 11) is 0. The van der Waals surface area contributed by atoms with Gasteiger partial charge < -0.3 is 5.32 Å². The number of nitrogens with one attached hydrogen (secondary N) is 1. The topological polar surface area (TPSA) is 33.1 Å². The van der Waals surface area contributed by atoms with Crippen LogP contribution in [0.25, 0.3) is 0 Å². The molecule has 1 aromatic heterocycles. The molecule has 5 heteroatoms. The van der Waals surface area contributed by atoms with Crippen LogP contribution in [0.5, 0.6) is 0 Å². The lowest BCUT2D eigenvalue weighted by atomic mass is 10.1. The van der Waals surface area contributed by atoms with Crippen LogP contribution in [0.1, 0.15) is 51.9 Å². The molecule has 0 radical (unpaired) electrons. The van der Waals surface area contributed by atoms with E-state index in [4.69, 9.17) is 11.6 Å². The average Bonchev–Trinajstić information content (AvgIpc) is 2.79. The van der Waals surface area contributed by atoms with Crippen LogP contribution >= 0.6 is 11.6 Å². The van der Waals surface area contributed by atoms with Crippen LogP contribution < -0.4 is 5.32 Å². The number of hydrogen-bond donors (Lipinski definition) is 1. The largest absolute Gasteiger partial charge is 0.311 e. The first-order valence-corrected chi connectivity index (χ1v) is 8.69. The summed E-state index contributed by atoms with van der Waals surface area (Å²) in [5.74, 6) is 0. The Labute approximate surface area is 133 Å². The van der Waals surface area contributed by atoms with Gasteiger partial charge in [0.05, 0.1) is 16.4 Å². The van der Waals surface area contributed by atoms with Crippen LogP contribution in [-0.2, 0) is 19.5 Å². The second kappa shape index (κ2) is 7.61. The van der Waals surface area contributed by atoms with Gasteiger partial charge in [-0.15, -0.1) is 0 Å². The fourth-order valence-electron chi connectivity index (χ4n) is 3.12. The van der Waals surface area contributed by atoms with E-state index in [9.17, 15) is 0 Å². The van der Waals surface area contributed by atoms with Gasteiger partial charge in [-0.05, 0) is 26.7 Å². The van der Waals surface area contributed by atoms with Crippen molar-refractivity contribution in [1.82, 2.24) is 20.0 Å². The molecule has 1 saturated heterocycles. The molecular weight excluding hydrogens is 284 g/mol. The van der Waals surface area contributed by atoms with Crippen LogP contribution in [0.3, 0.4) is 0 Å². The van der Waals surface area contributed by atoms with Crippen molar-refractivity contribution in [3.05, 3.63) is 16.4 Å². The monoisotopic (exact) mass is 312 g/mol. The van der Waals surface area contributed by atoms with Gasteiger partial charge in [-0.25, -0.2) is 0 Å². The predicted octanol–water partition coefficient (Wildman–Crippen LogP) is 3.08. The van der Waals surface area contributed by atoms with E-state index in [-0.39, 0.29) is 0 Å². The van der Waals surface area contributed by atoms with E-state index in [0.29, 0.717) is 12.1 Å². The van der Waals surface area contributed by atoms with E-state index in [1.165, 1.54) is 18.5 Å². The maximum atomic E-state index is 6.55. The highest BCUT2D eigenvalue weighted by atomic mass is 35.5. The Morgan fingerprint density at radius 2 is 2.10 bits per heavy atom. The molecule has 21 heavy (non-hydrogen) atoms. The Morgan fingerprint density at radius 1 is 1.33 bits per heavy atom. The lowest BCUT2D eigenvalue weighted by molar-refractivity contribution is 0.126. The van der Waals surface area contributed by atoms with Gasteiger partial charge in [0.2, 0.25) is 0 Å². The lowest BCUT2D eigenvalue weighted by Crippen LogP contribution is -2.55. The predicted molar refractivity (Wildman–Crippen MR) is 88.9 cm³/mol. The summed E-state index contributed by atoms with van der Waals surface area (Å²) in [6.07, 6.45) is 3.37. The number of piperazine rings is 1. The number of nitrogens with zero attached hydrogens (tertiary/aromatic N) is 3. The molecule has 4 nitrogen and oxygen atoms in total. The van der Waals surface area contributed by atoms with Crippen LogP contribution in [0.2, 0.25) is 5.02 Å². The summed E-state index contributed by atoms with van der Waals surface area (Å²) in [6.45, 7) is 12.7. The molecule has 1 fully saturated rings. The molecule has 1 N–H and O–H groups in total. The van der Waals surface area contributed by atoms with Gasteiger partial charge in [-0.3, -0.25) is 9.58 Å². The normalized spacial score (nSPS) is 23.7. The third kappa shape index (κ3) is 3.79. The summed E-state index contributed by atoms with van der Waals surface area (Å²) in [4.78, 5) is 2.55. The Balaban J connectivity index is 2.14. The zero-order valence-electron chi connectivity index (χ0n) is 13.8. The highest BCUT2D eigenvalue weighted by Gasteiger charge is 2.26. The van der Waals surface area contributed by atoms with Crippen LogP contribution in [0.4, 0.5) is 0 Å². The number of aryl methyl sites for hydroxylation is 2. The number of rotatable bonds is 6. The van der Waals surface area contributed by atoms with E-state index in [1.54, 1.807) is 0 Å². The molecule has 1 aromatic rings. The standard InChI is InChI=1S/C16H29ClN4/c1-5-8-13-10-20(12(4)9-18-13)11-15-16(17)14(6-2)19-21(15)7-3/h12-13,18H,5-11H2,1-4H3. The van der Waals surface area contributed by atoms with Crippen molar-refractivity contribution in [3.8, 4) is 0 Å². The van der Waals surface area contributed by atoms with E-state index < -0.39 is 0 Å². The average molecular weight is 313 g/mol. The molecule has 0 saturated carbocycles. The summed E-state index contributed by atoms with van der Waals surface area (Å²) < 4.78 is 2.07. The molecule has 0 bridgehead atoms. The van der Waals surface area contributed by atoms with Crippen molar-refractivity contribution in [2.24, 2.45) is 0 Å². The van der Waals surface area contributed by atoms with Crippen LogP contribution in [0, 0.1) is 0 Å². The van der Waals surface area contributed by atoms with E-state index in [1.807, 2.05) is 0 Å². The lowest BCUT2D eigenvalue weighted by Gasteiger charge is -2.38. The van der Waals surface area contributed by atoms with E-state index in [2.05, 4.69) is 47.7 Å². The van der Waals surface area contributed by atoms with Gasteiger partial charge in [-0.2, -0.15) is 5.10 Å². The quantitative estimate of drug-likeness (QED) is 0.876. The molecule has 120 valence electrons. The molecule has 2 unspecified atom stereocenters. The summed E-state index contributed by atoms with van der Waals surface area (Å²) in [5, 5.41) is 9.16. The van der Waals surface area contributed by atoms with Gasteiger partial charge in [0.1, 0.15) is 0 Å². The minimum absolute atomic E-state index is 0.541. The number of halogens is 1. The van der Waals surface area contributed by atoms with Gasteiger partial charge in [-0.1, -0.05) is 31.9 Å². The molecule has 0 amide bonds. The van der Waals surface area contributed by atoms with Crippen molar-refractivity contribution in [3.63, 3.8) is 0 Å². The second-order valence-electron chi connectivity index (χ2n) is 6.05. The van der Waals surface area contributed by atoms with Gasteiger partial charge >= 0.3 is 0 Å². The third-order valence-corrected chi connectivity index (χ3v) is 4.90. The highest BCUT2D eigenvalue weighted by molar-refractivity contribution is 6.31. The fourth-order valence-corrected chi connectivity index (χ4v) is 3.45. The van der Waals surface area contributed by atoms with Crippen molar-refractivity contribution in [1.29, 1.82) is 0 Å². The van der Waals surface area contributed by atoms with E-state index >= 15 is 0 Å². The molecule has 0 aromatic carbocycles. The molecule has 1 aliphatic heterocycles. The smallest absolute Gasteiger partial charge is 0.0863 e. The van der Waals surface area contributed by atoms with Gasteiger partial charge in [0, 0.05) is 38.3 Å². The van der Waals surface area contributed by atoms with Crippen molar-refractivity contribution >= 4 is 11.6 Å². The molecule has 1 aliphatic rings. The molecule has 0 aliphatic carbocycles. The van der Waals surface area contributed by atoms with Crippen LogP contribution in [-0.4, -0.2) is 39.9 Å². The molecule has 2 atom stereocenters. The number of hydrogen-bond acceptors (Lipinski definition) is 3. The Morgan fingerprint density at radius 3 is 2.71 bits per heavy atom. The first kappa shape index (κ1) is 16.8. The van der Waals surface area contributed by atoms with Gasteiger partial charge in [0.25, 0.3) is 0 Å². The summed E-state index contributed by atoms with van der Waals surface area (Å²) >= 11 is 6.55. The third-order valence-electron chi connectivity index (χ3n) is 4.46. The summed E-state index contributed by atoms with van der Waals surface area (Å²) in [5.41, 5.74) is 2.21. The molecular formula is C16H29ClN4. The zero-order chi connectivity index (χ0) is 15.4. The first-order chi connectivity index (χ1) is 10.1. The minimum atomic E-state index is 0.541. The van der Waals surface area contributed by atoms with Crippen molar-refractivity contribution < 1.29 is 0 Å². The summed E-state index contributed by atoms with van der Waals surface area (Å²) in [6, 6.07) is 1.15. The Hall–Kier alpha value is -0.580. The first-order valence-electron chi connectivity index (χ1n) is 8.32. The van der Waals surface area contributed by atoms with Crippen molar-refractivity contribution in [2.45, 2.75) is 72.1 Å². The fraction of sp³-hybridized carbons (Fsp3) is 0.812. The highest BCUT2D eigenvalue weighted by Crippen LogP contribution is 2.24. The second-order valence-corrected chi connectivity index (χ2v) is 6.43. The van der Waals surface area contributed by atoms with Crippen LogP contribution in [0.15, 0.2) is 0 Å². The Bertz CT molecular complexity index is 457. The SMILES string of the molecule is CCCC1CN(Cc2c(Cl)c(CC)nn2CC)C(C)CN1. The zero-order valence-corrected chi connectivity index (χ0v) is 14.6. The van der Waals surface area contributed by atoms with Crippen molar-refractivity contribution in [2.75, 3.05) is 13.1 Å². The molecule has 0 spiro atoms. The van der Waals surface area contributed by atoms with E-state index in [0.717, 1.165) is 43.3 Å². The molecule has 2 heterocycles. The Kier molecular flexibility index (Phi) is 6.08. The number of aromatic nitrogens is 2. The van der Waals surface area contributed by atoms with Gasteiger partial charge in [0.15, 0.2) is 0 Å². The molecule has 2 rings (SSSR count). The minimum Gasteiger partial charge on any atom is -0.311 e. The maximum Gasteiger partial charge on any atom is 0.0863 e.